The van der Waals surface area contributed by atoms with Gasteiger partial charge in [0.2, 0.25) is 5.91 Å². The van der Waals surface area contributed by atoms with E-state index in [0.29, 0.717) is 18.0 Å². The van der Waals surface area contributed by atoms with Gasteiger partial charge in [-0.05, 0) is 43.4 Å². The summed E-state index contributed by atoms with van der Waals surface area (Å²) in [4.78, 5) is 31.7. The fourth-order valence-corrected chi connectivity index (χ4v) is 4.61. The molecule has 30 heavy (non-hydrogen) atoms. The van der Waals surface area contributed by atoms with Gasteiger partial charge in [-0.3, -0.25) is 9.59 Å². The highest BCUT2D eigenvalue weighted by molar-refractivity contribution is 5.98. The summed E-state index contributed by atoms with van der Waals surface area (Å²) in [6, 6.07) is 13.4. The largest absolute Gasteiger partial charge is 0.383 e. The summed E-state index contributed by atoms with van der Waals surface area (Å²) in [5.41, 5.74) is 8.48. The first-order valence-electron chi connectivity index (χ1n) is 11.0. The number of benzene rings is 1. The number of rotatable bonds is 5. The van der Waals surface area contributed by atoms with Crippen molar-refractivity contribution in [1.29, 1.82) is 0 Å². The molecule has 1 saturated carbocycles. The number of hydrogen-bond acceptors (Lipinski definition) is 4. The zero-order chi connectivity index (χ0) is 20.9. The van der Waals surface area contributed by atoms with Crippen LogP contribution in [-0.2, 0) is 11.3 Å². The third kappa shape index (κ3) is 4.64. The van der Waals surface area contributed by atoms with Crippen LogP contribution < -0.4 is 11.1 Å². The van der Waals surface area contributed by atoms with Gasteiger partial charge in [0.25, 0.3) is 5.91 Å². The van der Waals surface area contributed by atoms with E-state index >= 15 is 0 Å². The molecule has 0 atom stereocenters. The van der Waals surface area contributed by atoms with E-state index in [0.717, 1.165) is 50.0 Å². The average Bonchev–Trinajstić information content (AvgIpc) is 3.33. The zero-order valence-corrected chi connectivity index (χ0v) is 17.3. The number of nitrogens with one attached hydrogen (secondary N) is 1. The van der Waals surface area contributed by atoms with Crippen molar-refractivity contribution in [2.45, 2.75) is 51.0 Å². The number of piperidine rings is 1. The molecule has 1 aromatic heterocycles. The quantitative estimate of drug-likeness (QED) is 0.796. The molecule has 6 nitrogen and oxygen atoms in total. The van der Waals surface area contributed by atoms with Crippen molar-refractivity contribution in [2.75, 3.05) is 18.8 Å². The maximum absolute atomic E-state index is 12.6. The average molecular weight is 407 g/mol. The molecule has 4 rings (SSSR count). The molecule has 0 radical (unpaired) electrons. The molecule has 1 saturated heterocycles. The van der Waals surface area contributed by atoms with Gasteiger partial charge in [0.1, 0.15) is 5.82 Å². The Morgan fingerprint density at radius 3 is 2.37 bits per heavy atom. The zero-order valence-electron chi connectivity index (χ0n) is 17.3. The summed E-state index contributed by atoms with van der Waals surface area (Å²) in [5.74, 6) is 0.907. The van der Waals surface area contributed by atoms with E-state index in [9.17, 15) is 9.59 Å². The second-order valence-electron chi connectivity index (χ2n) is 8.42. The molecular weight excluding hydrogens is 376 g/mol. The minimum atomic E-state index is -0.215. The van der Waals surface area contributed by atoms with Crippen molar-refractivity contribution in [3.8, 4) is 0 Å². The van der Waals surface area contributed by atoms with Crippen molar-refractivity contribution in [3.05, 3.63) is 59.3 Å². The Balaban J connectivity index is 1.33. The molecule has 6 heteroatoms. The number of nitrogen functional groups attached to an aromatic ring is 1. The molecule has 3 N–H and O–H groups in total. The topological polar surface area (TPSA) is 88.3 Å². The van der Waals surface area contributed by atoms with Crippen LogP contribution in [0.25, 0.3) is 0 Å². The number of nitrogens with zero attached hydrogens (tertiary/aromatic N) is 2. The molecule has 158 valence electrons. The number of hydrogen-bond donors (Lipinski definition) is 2. The van der Waals surface area contributed by atoms with Crippen molar-refractivity contribution in [3.63, 3.8) is 0 Å². The number of amides is 2. The van der Waals surface area contributed by atoms with Crippen LogP contribution in [0, 0.1) is 5.92 Å². The number of pyridine rings is 1. The van der Waals surface area contributed by atoms with Crippen LogP contribution >= 0.6 is 0 Å². The van der Waals surface area contributed by atoms with Gasteiger partial charge in [0.05, 0.1) is 5.56 Å². The van der Waals surface area contributed by atoms with Gasteiger partial charge in [-0.2, -0.15) is 0 Å². The third-order valence-electron chi connectivity index (χ3n) is 6.42. The summed E-state index contributed by atoms with van der Waals surface area (Å²) in [6.45, 7) is 2.01. The predicted molar refractivity (Wildman–Crippen MR) is 117 cm³/mol. The number of anilines is 1. The maximum atomic E-state index is 12.6. The summed E-state index contributed by atoms with van der Waals surface area (Å²) in [5, 5.41) is 2.90. The Kier molecular flexibility index (Phi) is 6.31. The van der Waals surface area contributed by atoms with Gasteiger partial charge < -0.3 is 16.0 Å². The molecule has 1 aliphatic carbocycles. The molecule has 0 bridgehead atoms. The summed E-state index contributed by atoms with van der Waals surface area (Å²) in [7, 11) is 0. The van der Waals surface area contributed by atoms with E-state index in [1.165, 1.54) is 12.8 Å². The molecule has 1 aliphatic heterocycles. The van der Waals surface area contributed by atoms with Crippen molar-refractivity contribution >= 4 is 17.6 Å². The van der Waals surface area contributed by atoms with Crippen molar-refractivity contribution < 1.29 is 9.59 Å². The fraction of sp³-hybridized carbons (Fsp3) is 0.458. The first-order chi connectivity index (χ1) is 14.6. The number of likely N-dealkylation sites (tertiary alicyclic amines) is 1. The lowest BCUT2D eigenvalue weighted by molar-refractivity contribution is -0.136. The van der Waals surface area contributed by atoms with E-state index in [1.54, 1.807) is 6.07 Å². The van der Waals surface area contributed by atoms with Crippen LogP contribution in [0.1, 0.15) is 66.1 Å². The summed E-state index contributed by atoms with van der Waals surface area (Å²) < 4.78 is 0. The first-order valence-corrected chi connectivity index (χ1v) is 11.0. The smallest absolute Gasteiger partial charge is 0.255 e. The monoisotopic (exact) mass is 406 g/mol. The lowest BCUT2D eigenvalue weighted by Gasteiger charge is -2.33. The highest BCUT2D eigenvalue weighted by Crippen LogP contribution is 2.31. The Labute approximate surface area is 177 Å². The van der Waals surface area contributed by atoms with Gasteiger partial charge >= 0.3 is 0 Å². The number of nitrogens with two attached hydrogens (primary N) is 1. The van der Waals surface area contributed by atoms with Crippen LogP contribution in [0.4, 0.5) is 5.82 Å². The van der Waals surface area contributed by atoms with E-state index in [-0.39, 0.29) is 23.6 Å². The minimum absolute atomic E-state index is 0.215. The van der Waals surface area contributed by atoms with Crippen LogP contribution in [0.15, 0.2) is 42.5 Å². The highest BCUT2D eigenvalue weighted by atomic mass is 16.2. The van der Waals surface area contributed by atoms with Crippen molar-refractivity contribution in [2.24, 2.45) is 5.92 Å². The number of carbonyl (C=O) groups is 2. The number of carbonyl (C=O) groups excluding carboxylic acids is 2. The first kappa shape index (κ1) is 20.4. The normalized spacial score (nSPS) is 17.8. The lowest BCUT2D eigenvalue weighted by atomic mass is 9.91. The van der Waals surface area contributed by atoms with Crippen LogP contribution in [0.3, 0.4) is 0 Å². The van der Waals surface area contributed by atoms with Crippen LogP contribution in [0.5, 0.6) is 0 Å². The van der Waals surface area contributed by atoms with Gasteiger partial charge in [-0.25, -0.2) is 4.98 Å². The highest BCUT2D eigenvalue weighted by Gasteiger charge is 2.31. The van der Waals surface area contributed by atoms with Crippen molar-refractivity contribution in [1.82, 2.24) is 15.2 Å². The molecule has 0 unspecified atom stereocenters. The van der Waals surface area contributed by atoms with Gasteiger partial charge in [-0.15, -0.1) is 0 Å². The number of aromatic nitrogens is 1. The predicted octanol–water partition coefficient (Wildman–Crippen LogP) is 3.49. The second-order valence-corrected chi connectivity index (χ2v) is 8.42. The summed E-state index contributed by atoms with van der Waals surface area (Å²) >= 11 is 0. The van der Waals surface area contributed by atoms with Gasteiger partial charge in [0.15, 0.2) is 0 Å². The fourth-order valence-electron chi connectivity index (χ4n) is 4.61. The van der Waals surface area contributed by atoms with E-state index in [2.05, 4.69) is 10.3 Å². The molecule has 2 aromatic rings. The van der Waals surface area contributed by atoms with Crippen LogP contribution in [-0.4, -0.2) is 34.8 Å². The molecule has 2 aliphatic rings. The molecule has 1 aromatic carbocycles. The molecular formula is C24H30N4O2. The van der Waals surface area contributed by atoms with E-state index in [1.807, 2.05) is 41.3 Å². The lowest BCUT2D eigenvalue weighted by Crippen LogP contribution is -2.41. The molecule has 2 amide bonds. The molecule has 0 spiro atoms. The molecule has 2 fully saturated rings. The van der Waals surface area contributed by atoms with E-state index < -0.39 is 0 Å². The van der Waals surface area contributed by atoms with Gasteiger partial charge in [0, 0.05) is 37.2 Å². The van der Waals surface area contributed by atoms with Crippen LogP contribution in [0.2, 0.25) is 0 Å². The second kappa shape index (κ2) is 9.28. The Morgan fingerprint density at radius 2 is 1.70 bits per heavy atom. The Bertz CT molecular complexity index is 885. The minimum Gasteiger partial charge on any atom is -0.383 e. The summed E-state index contributed by atoms with van der Waals surface area (Å²) in [6.07, 6.45) is 6.24. The Morgan fingerprint density at radius 1 is 1.00 bits per heavy atom. The maximum Gasteiger partial charge on any atom is 0.255 e. The SMILES string of the molecule is Nc1nc(C2CCN(C(=O)C3CCCC3)CC2)ccc1C(=O)NCc1ccccc1. The third-order valence-corrected chi connectivity index (χ3v) is 6.42. The van der Waals surface area contributed by atoms with Gasteiger partial charge in [-0.1, -0.05) is 43.2 Å². The van der Waals surface area contributed by atoms with E-state index in [4.69, 9.17) is 5.73 Å². The Hall–Kier alpha value is -2.89. The standard InChI is InChI=1S/C24H30N4O2/c25-22-20(23(29)26-16-17-6-2-1-3-7-17)10-11-21(27-22)18-12-14-28(15-13-18)24(30)19-8-4-5-9-19/h1-3,6-7,10-11,18-19H,4-5,8-9,12-16H2,(H2,25,27)(H,26,29). The molecule has 2 heterocycles.